The van der Waals surface area contributed by atoms with Gasteiger partial charge in [0.05, 0.1) is 18.7 Å². The van der Waals surface area contributed by atoms with Gasteiger partial charge in [-0.25, -0.2) is 0 Å². The fourth-order valence-corrected chi connectivity index (χ4v) is 2.74. The van der Waals surface area contributed by atoms with Crippen LogP contribution in [0.1, 0.15) is 25.8 Å². The SMILES string of the molecule is COCCC(C)(C)CNCc1cc(Br)c(OC)c(OC)c1. The Morgan fingerprint density at radius 1 is 1.14 bits per heavy atom. The molecule has 0 aliphatic carbocycles. The average molecular weight is 360 g/mol. The monoisotopic (exact) mass is 359 g/mol. The van der Waals surface area contributed by atoms with Crippen molar-refractivity contribution in [3.05, 3.63) is 22.2 Å². The topological polar surface area (TPSA) is 39.7 Å². The maximum Gasteiger partial charge on any atom is 0.174 e. The summed E-state index contributed by atoms with van der Waals surface area (Å²) in [6, 6.07) is 4.05. The van der Waals surface area contributed by atoms with Gasteiger partial charge in [-0.05, 0) is 45.5 Å². The van der Waals surface area contributed by atoms with Gasteiger partial charge in [-0.1, -0.05) is 13.8 Å². The first-order valence-electron chi connectivity index (χ1n) is 7.03. The molecule has 0 saturated carbocycles. The Kier molecular flexibility index (Phi) is 7.49. The van der Waals surface area contributed by atoms with Crippen molar-refractivity contribution in [3.63, 3.8) is 0 Å². The van der Waals surface area contributed by atoms with Crippen LogP contribution in [-0.4, -0.2) is 34.5 Å². The molecule has 0 amide bonds. The minimum absolute atomic E-state index is 0.212. The molecule has 0 atom stereocenters. The van der Waals surface area contributed by atoms with Crippen LogP contribution < -0.4 is 14.8 Å². The first kappa shape index (κ1) is 18.3. The van der Waals surface area contributed by atoms with E-state index in [9.17, 15) is 0 Å². The van der Waals surface area contributed by atoms with Crippen LogP contribution in [0.2, 0.25) is 0 Å². The number of methoxy groups -OCH3 is 3. The van der Waals surface area contributed by atoms with Crippen LogP contribution >= 0.6 is 15.9 Å². The molecule has 4 nitrogen and oxygen atoms in total. The van der Waals surface area contributed by atoms with Crippen LogP contribution in [0.15, 0.2) is 16.6 Å². The Balaban J connectivity index is 2.62. The van der Waals surface area contributed by atoms with Gasteiger partial charge in [0.25, 0.3) is 0 Å². The minimum atomic E-state index is 0.212. The lowest BCUT2D eigenvalue weighted by Crippen LogP contribution is -2.30. The molecular formula is C16H26BrNO3. The van der Waals surface area contributed by atoms with E-state index in [2.05, 4.69) is 41.2 Å². The van der Waals surface area contributed by atoms with Gasteiger partial charge in [-0.2, -0.15) is 0 Å². The van der Waals surface area contributed by atoms with Gasteiger partial charge >= 0.3 is 0 Å². The largest absolute Gasteiger partial charge is 0.493 e. The maximum atomic E-state index is 5.36. The van der Waals surface area contributed by atoms with Gasteiger partial charge in [-0.3, -0.25) is 0 Å². The molecule has 1 rings (SSSR count). The highest BCUT2D eigenvalue weighted by atomic mass is 79.9. The van der Waals surface area contributed by atoms with Crippen LogP contribution in [0.3, 0.4) is 0 Å². The smallest absolute Gasteiger partial charge is 0.174 e. The Bertz CT molecular complexity index is 449. The second-order valence-corrected chi connectivity index (χ2v) is 6.68. The van der Waals surface area contributed by atoms with E-state index in [1.165, 1.54) is 0 Å². The van der Waals surface area contributed by atoms with E-state index < -0.39 is 0 Å². The van der Waals surface area contributed by atoms with Gasteiger partial charge in [0.2, 0.25) is 0 Å². The fourth-order valence-electron chi connectivity index (χ4n) is 2.09. The molecule has 0 aromatic heterocycles. The summed E-state index contributed by atoms with van der Waals surface area (Å²) in [5.74, 6) is 1.46. The van der Waals surface area contributed by atoms with Crippen molar-refractivity contribution in [1.82, 2.24) is 5.32 Å². The van der Waals surface area contributed by atoms with Crippen LogP contribution in [-0.2, 0) is 11.3 Å². The highest BCUT2D eigenvalue weighted by Crippen LogP contribution is 2.36. The van der Waals surface area contributed by atoms with Crippen molar-refractivity contribution >= 4 is 15.9 Å². The van der Waals surface area contributed by atoms with Crippen molar-refractivity contribution in [1.29, 1.82) is 0 Å². The number of benzene rings is 1. The number of rotatable bonds is 9. The summed E-state index contributed by atoms with van der Waals surface area (Å²) < 4.78 is 16.7. The molecule has 120 valence electrons. The van der Waals surface area contributed by atoms with E-state index in [-0.39, 0.29) is 5.41 Å². The number of hydrogen-bond donors (Lipinski definition) is 1. The minimum Gasteiger partial charge on any atom is -0.493 e. The molecule has 0 aliphatic heterocycles. The number of nitrogens with one attached hydrogen (secondary N) is 1. The van der Waals surface area contributed by atoms with Crippen molar-refractivity contribution in [3.8, 4) is 11.5 Å². The molecule has 5 heteroatoms. The molecule has 0 radical (unpaired) electrons. The predicted molar refractivity (Wildman–Crippen MR) is 89.2 cm³/mol. The molecule has 1 aromatic carbocycles. The molecular weight excluding hydrogens is 334 g/mol. The lowest BCUT2D eigenvalue weighted by molar-refractivity contribution is 0.150. The number of ether oxygens (including phenoxy) is 3. The highest BCUT2D eigenvalue weighted by molar-refractivity contribution is 9.10. The molecule has 0 fully saturated rings. The lowest BCUT2D eigenvalue weighted by Gasteiger charge is -2.24. The molecule has 0 bridgehead atoms. The molecule has 0 saturated heterocycles. The Hall–Kier alpha value is -0.780. The third kappa shape index (κ3) is 5.85. The predicted octanol–water partition coefficient (Wildman–Crippen LogP) is 3.62. The molecule has 0 spiro atoms. The van der Waals surface area contributed by atoms with Crippen LogP contribution in [0.5, 0.6) is 11.5 Å². The van der Waals surface area contributed by atoms with E-state index in [0.717, 1.165) is 47.7 Å². The Morgan fingerprint density at radius 3 is 2.43 bits per heavy atom. The summed E-state index contributed by atoms with van der Waals surface area (Å²) in [5.41, 5.74) is 1.37. The molecule has 21 heavy (non-hydrogen) atoms. The third-order valence-electron chi connectivity index (χ3n) is 3.41. The van der Waals surface area contributed by atoms with E-state index in [1.54, 1.807) is 21.3 Å². The van der Waals surface area contributed by atoms with Crippen molar-refractivity contribution < 1.29 is 14.2 Å². The summed E-state index contributed by atoms with van der Waals surface area (Å²) in [7, 11) is 5.03. The fraction of sp³-hybridized carbons (Fsp3) is 0.625. The first-order chi connectivity index (χ1) is 9.93. The average Bonchev–Trinajstić information content (AvgIpc) is 2.44. The Labute approximate surface area is 136 Å². The first-order valence-corrected chi connectivity index (χ1v) is 7.83. The van der Waals surface area contributed by atoms with E-state index in [1.807, 2.05) is 6.07 Å². The second kappa shape index (κ2) is 8.61. The zero-order valence-corrected chi connectivity index (χ0v) is 15.2. The van der Waals surface area contributed by atoms with Crippen LogP contribution in [0, 0.1) is 5.41 Å². The summed E-state index contributed by atoms with van der Waals surface area (Å²) in [5, 5.41) is 3.49. The summed E-state index contributed by atoms with van der Waals surface area (Å²) in [6.07, 6.45) is 1.03. The van der Waals surface area contributed by atoms with Gasteiger partial charge in [0.1, 0.15) is 0 Å². The molecule has 0 unspecified atom stereocenters. The summed E-state index contributed by atoms with van der Waals surface area (Å²) in [6.45, 7) is 6.99. The normalized spacial score (nSPS) is 11.5. The summed E-state index contributed by atoms with van der Waals surface area (Å²) >= 11 is 3.52. The summed E-state index contributed by atoms with van der Waals surface area (Å²) in [4.78, 5) is 0. The standard InChI is InChI=1S/C16H26BrNO3/c1-16(2,6-7-19-3)11-18-10-12-8-13(17)15(21-5)14(9-12)20-4/h8-9,18H,6-7,10-11H2,1-5H3. The van der Waals surface area contributed by atoms with Gasteiger partial charge in [0.15, 0.2) is 11.5 Å². The van der Waals surface area contributed by atoms with Crippen LogP contribution in [0.25, 0.3) is 0 Å². The molecule has 1 aromatic rings. The second-order valence-electron chi connectivity index (χ2n) is 5.82. The van der Waals surface area contributed by atoms with E-state index in [0.29, 0.717) is 0 Å². The van der Waals surface area contributed by atoms with E-state index >= 15 is 0 Å². The van der Waals surface area contributed by atoms with Gasteiger partial charge in [0, 0.05) is 26.8 Å². The lowest BCUT2D eigenvalue weighted by atomic mass is 9.89. The number of halogens is 1. The van der Waals surface area contributed by atoms with Crippen molar-refractivity contribution in [2.24, 2.45) is 5.41 Å². The molecule has 1 N–H and O–H groups in total. The van der Waals surface area contributed by atoms with Crippen LogP contribution in [0.4, 0.5) is 0 Å². The zero-order valence-electron chi connectivity index (χ0n) is 13.6. The quantitative estimate of drug-likeness (QED) is 0.730. The number of hydrogen-bond acceptors (Lipinski definition) is 4. The highest BCUT2D eigenvalue weighted by Gasteiger charge is 2.17. The van der Waals surface area contributed by atoms with Gasteiger partial charge < -0.3 is 19.5 Å². The third-order valence-corrected chi connectivity index (χ3v) is 4.00. The Morgan fingerprint density at radius 2 is 1.86 bits per heavy atom. The molecule has 0 heterocycles. The van der Waals surface area contributed by atoms with Crippen molar-refractivity contribution in [2.45, 2.75) is 26.8 Å². The maximum absolute atomic E-state index is 5.36. The zero-order chi connectivity index (χ0) is 15.9. The molecule has 0 aliphatic rings. The van der Waals surface area contributed by atoms with E-state index in [4.69, 9.17) is 14.2 Å². The van der Waals surface area contributed by atoms with Crippen molar-refractivity contribution in [2.75, 3.05) is 34.5 Å². The van der Waals surface area contributed by atoms with Gasteiger partial charge in [-0.15, -0.1) is 0 Å².